The predicted molar refractivity (Wildman–Crippen MR) is 83.7 cm³/mol. The Bertz CT molecular complexity index is 419. The molecule has 0 radical (unpaired) electrons. The van der Waals surface area contributed by atoms with Crippen LogP contribution in [-0.4, -0.2) is 50.1 Å². The molecule has 0 aliphatic carbocycles. The minimum atomic E-state index is -0.682. The Kier molecular flexibility index (Phi) is 6.59. The minimum absolute atomic E-state index is 0.0701. The third-order valence-corrected chi connectivity index (χ3v) is 3.94. The molecule has 2 rings (SSSR count). The summed E-state index contributed by atoms with van der Waals surface area (Å²) in [4.78, 5) is 12.4. The minimum Gasteiger partial charge on any atom is -0.458 e. The lowest BCUT2D eigenvalue weighted by atomic mass is 10.0. The highest BCUT2D eigenvalue weighted by Crippen LogP contribution is 2.34. The summed E-state index contributed by atoms with van der Waals surface area (Å²) in [5.41, 5.74) is 0. The third-order valence-electron chi connectivity index (χ3n) is 3.94. The van der Waals surface area contributed by atoms with Gasteiger partial charge in [-0.25, -0.2) is 4.79 Å². The van der Waals surface area contributed by atoms with Gasteiger partial charge in [0.05, 0.1) is 0 Å². The Morgan fingerprint density at radius 2 is 2.13 bits per heavy atom. The molecule has 2 aliphatic heterocycles. The Morgan fingerprint density at radius 1 is 1.35 bits per heavy atom. The third kappa shape index (κ3) is 5.01. The zero-order valence-corrected chi connectivity index (χ0v) is 14.4. The quantitative estimate of drug-likeness (QED) is 0.439. The Labute approximate surface area is 138 Å². The monoisotopic (exact) mass is 328 g/mol. The van der Waals surface area contributed by atoms with Crippen LogP contribution in [0.5, 0.6) is 0 Å². The van der Waals surface area contributed by atoms with Crippen LogP contribution in [0.4, 0.5) is 0 Å². The second kappa shape index (κ2) is 8.24. The fourth-order valence-corrected chi connectivity index (χ4v) is 2.95. The van der Waals surface area contributed by atoms with Crippen LogP contribution in [0.2, 0.25) is 0 Å². The molecule has 0 spiro atoms. The van der Waals surface area contributed by atoms with Gasteiger partial charge < -0.3 is 23.7 Å². The van der Waals surface area contributed by atoms with Crippen molar-refractivity contribution in [2.75, 3.05) is 13.9 Å². The number of methoxy groups -OCH3 is 1. The smallest absolute Gasteiger partial charge is 0.335 e. The number of carbonyl (C=O) groups is 1. The summed E-state index contributed by atoms with van der Waals surface area (Å²) in [6, 6.07) is 0. The predicted octanol–water partition coefficient (Wildman–Crippen LogP) is 2.56. The van der Waals surface area contributed by atoms with Crippen molar-refractivity contribution >= 4 is 5.97 Å². The second-order valence-electron chi connectivity index (χ2n) is 6.40. The highest BCUT2D eigenvalue weighted by atomic mass is 16.8. The topological polar surface area (TPSA) is 63.2 Å². The van der Waals surface area contributed by atoms with Gasteiger partial charge in [-0.05, 0) is 33.1 Å². The van der Waals surface area contributed by atoms with Crippen molar-refractivity contribution in [2.24, 2.45) is 0 Å². The first-order chi connectivity index (χ1) is 11.0. The van der Waals surface area contributed by atoms with Gasteiger partial charge in [0.1, 0.15) is 25.1 Å². The molecule has 0 aromatic carbocycles. The number of fused-ring (bicyclic) bond motifs is 1. The van der Waals surface area contributed by atoms with Crippen LogP contribution < -0.4 is 0 Å². The highest BCUT2D eigenvalue weighted by molar-refractivity contribution is 5.75. The van der Waals surface area contributed by atoms with Gasteiger partial charge in [-0.15, -0.1) is 0 Å². The Hall–Kier alpha value is -0.950. The molecular weight excluding hydrogens is 300 g/mol. The lowest BCUT2D eigenvalue weighted by Gasteiger charge is -2.28. The maximum absolute atomic E-state index is 12.4. The van der Waals surface area contributed by atoms with Crippen molar-refractivity contribution < 1.29 is 28.5 Å². The van der Waals surface area contributed by atoms with E-state index in [0.717, 1.165) is 12.8 Å². The number of rotatable bonds is 5. The van der Waals surface area contributed by atoms with E-state index in [1.54, 1.807) is 0 Å². The average molecular weight is 328 g/mol. The van der Waals surface area contributed by atoms with Gasteiger partial charge in [0, 0.05) is 7.11 Å². The summed E-state index contributed by atoms with van der Waals surface area (Å²) >= 11 is 0. The van der Waals surface area contributed by atoms with Crippen molar-refractivity contribution in [1.29, 1.82) is 0 Å². The second-order valence-corrected chi connectivity index (χ2v) is 6.40. The average Bonchev–Trinajstić information content (AvgIpc) is 2.80. The molecule has 0 unspecified atom stereocenters. The number of cyclic esters (lactones) is 1. The van der Waals surface area contributed by atoms with Gasteiger partial charge in [0.25, 0.3) is 0 Å². The van der Waals surface area contributed by atoms with Crippen molar-refractivity contribution in [3.8, 4) is 0 Å². The first kappa shape index (κ1) is 18.4. The number of hydrogen-bond donors (Lipinski definition) is 0. The molecule has 6 nitrogen and oxygen atoms in total. The lowest BCUT2D eigenvalue weighted by Crippen LogP contribution is -2.41. The fourth-order valence-electron chi connectivity index (χ4n) is 2.95. The van der Waals surface area contributed by atoms with Crippen LogP contribution in [0.3, 0.4) is 0 Å². The van der Waals surface area contributed by atoms with Gasteiger partial charge in [0.15, 0.2) is 11.9 Å². The van der Waals surface area contributed by atoms with E-state index in [4.69, 9.17) is 23.7 Å². The first-order valence-corrected chi connectivity index (χ1v) is 8.30. The maximum Gasteiger partial charge on any atom is 0.335 e. The largest absolute Gasteiger partial charge is 0.458 e. The molecule has 4 atom stereocenters. The molecule has 0 N–H and O–H groups in total. The Morgan fingerprint density at radius 3 is 2.83 bits per heavy atom. The van der Waals surface area contributed by atoms with E-state index < -0.39 is 11.9 Å². The van der Waals surface area contributed by atoms with E-state index in [9.17, 15) is 4.79 Å². The van der Waals surface area contributed by atoms with Crippen molar-refractivity contribution in [2.45, 2.75) is 76.7 Å². The number of allylic oxidation sites excluding steroid dienone is 1. The summed E-state index contributed by atoms with van der Waals surface area (Å²) in [6.07, 6.45) is 5.42. The van der Waals surface area contributed by atoms with E-state index in [-0.39, 0.29) is 31.1 Å². The molecular formula is C17H28O6. The standard InChI is InChI=1S/C17H28O6/c1-5-8-12-15-13(22-17(2,3)23-15)9-6-7-10-14(16(18)21-12)20-11-19-4/h6,9,12-15H,5,7-8,10-11H2,1-4H3/b9-6+/t12-,13+,14-,15-/m1/s1. The van der Waals surface area contributed by atoms with Crippen molar-refractivity contribution in [3.05, 3.63) is 12.2 Å². The van der Waals surface area contributed by atoms with Crippen LogP contribution in [0.25, 0.3) is 0 Å². The van der Waals surface area contributed by atoms with Gasteiger partial charge in [0.2, 0.25) is 0 Å². The maximum atomic E-state index is 12.4. The number of esters is 1. The van der Waals surface area contributed by atoms with Gasteiger partial charge in [-0.3, -0.25) is 0 Å². The van der Waals surface area contributed by atoms with Crippen LogP contribution in [0.1, 0.15) is 46.5 Å². The summed E-state index contributed by atoms with van der Waals surface area (Å²) in [5, 5.41) is 0. The summed E-state index contributed by atoms with van der Waals surface area (Å²) in [6.45, 7) is 5.88. The molecule has 1 fully saturated rings. The molecule has 0 saturated carbocycles. The van der Waals surface area contributed by atoms with Crippen LogP contribution in [0, 0.1) is 0 Å². The van der Waals surface area contributed by atoms with Crippen molar-refractivity contribution in [1.82, 2.24) is 0 Å². The van der Waals surface area contributed by atoms with E-state index in [1.807, 2.05) is 26.0 Å². The number of carbonyl (C=O) groups excluding carboxylic acids is 1. The zero-order valence-electron chi connectivity index (χ0n) is 14.4. The molecule has 132 valence electrons. The SMILES string of the molecule is CCC[C@H]1OC(=O)[C@H](OCOC)CC/C=C/[C@@H]2OC(C)(C)O[C@@H]21. The van der Waals surface area contributed by atoms with Crippen LogP contribution in [-0.2, 0) is 28.5 Å². The number of ether oxygens (including phenoxy) is 5. The first-order valence-electron chi connectivity index (χ1n) is 8.30. The fraction of sp³-hybridized carbons (Fsp3) is 0.824. The van der Waals surface area contributed by atoms with Crippen molar-refractivity contribution in [3.63, 3.8) is 0 Å². The van der Waals surface area contributed by atoms with Crippen LogP contribution in [0.15, 0.2) is 12.2 Å². The molecule has 0 bridgehead atoms. The normalized spacial score (nSPS) is 35.4. The van der Waals surface area contributed by atoms with Gasteiger partial charge in [-0.1, -0.05) is 25.5 Å². The van der Waals surface area contributed by atoms with Crippen LogP contribution >= 0.6 is 0 Å². The Balaban J connectivity index is 2.17. The van der Waals surface area contributed by atoms with Gasteiger partial charge in [-0.2, -0.15) is 0 Å². The van der Waals surface area contributed by atoms with Gasteiger partial charge >= 0.3 is 5.97 Å². The molecule has 0 amide bonds. The highest BCUT2D eigenvalue weighted by Gasteiger charge is 2.45. The van der Waals surface area contributed by atoms with E-state index in [1.165, 1.54) is 7.11 Å². The molecule has 23 heavy (non-hydrogen) atoms. The van der Waals surface area contributed by atoms with E-state index >= 15 is 0 Å². The summed E-state index contributed by atoms with van der Waals surface area (Å²) in [7, 11) is 1.53. The summed E-state index contributed by atoms with van der Waals surface area (Å²) in [5.74, 6) is -1.04. The molecule has 6 heteroatoms. The van der Waals surface area contributed by atoms with E-state index in [2.05, 4.69) is 6.92 Å². The zero-order chi connectivity index (χ0) is 16.9. The molecule has 2 heterocycles. The number of hydrogen-bond acceptors (Lipinski definition) is 6. The van der Waals surface area contributed by atoms with E-state index in [0.29, 0.717) is 12.8 Å². The molecule has 0 aromatic heterocycles. The summed E-state index contributed by atoms with van der Waals surface area (Å²) < 4.78 is 28.0. The molecule has 2 aliphatic rings. The molecule has 1 saturated heterocycles. The molecule has 0 aromatic rings. The lowest BCUT2D eigenvalue weighted by molar-refractivity contribution is -0.185.